The van der Waals surface area contributed by atoms with E-state index in [0.717, 1.165) is 49.4 Å². The zero-order valence-corrected chi connectivity index (χ0v) is 14.7. The fourth-order valence-electron chi connectivity index (χ4n) is 3.17. The summed E-state index contributed by atoms with van der Waals surface area (Å²) in [6.07, 6.45) is 6.02. The molecule has 3 rings (SSSR count). The number of oxazole rings is 1. The number of benzene rings is 1. The van der Waals surface area contributed by atoms with Crippen molar-refractivity contribution in [3.63, 3.8) is 0 Å². The van der Waals surface area contributed by atoms with Gasteiger partial charge in [0.05, 0.1) is 12.1 Å². The van der Waals surface area contributed by atoms with Gasteiger partial charge in [0.1, 0.15) is 5.76 Å². The zero-order valence-electron chi connectivity index (χ0n) is 14.7. The number of carbonyl (C=O) groups is 1. The van der Waals surface area contributed by atoms with E-state index in [-0.39, 0.29) is 5.91 Å². The van der Waals surface area contributed by atoms with Crippen LogP contribution >= 0.6 is 0 Å². The molecule has 0 radical (unpaired) electrons. The van der Waals surface area contributed by atoms with Crippen LogP contribution < -0.4 is 0 Å². The zero-order chi connectivity index (χ0) is 16.9. The van der Waals surface area contributed by atoms with Gasteiger partial charge >= 0.3 is 0 Å². The average Bonchev–Trinajstić information content (AvgIpc) is 2.81. The van der Waals surface area contributed by atoms with Crippen LogP contribution in [-0.4, -0.2) is 28.9 Å². The summed E-state index contributed by atoms with van der Waals surface area (Å²) in [5, 5.41) is 0. The lowest BCUT2D eigenvalue weighted by atomic mass is 10.1. The molecule has 1 aliphatic rings. The molecule has 1 aliphatic heterocycles. The SMILES string of the molecule is CCc1ccc(-c2nc(CC(=O)N3CCCCCC3)c(C)o2)cc1. The lowest BCUT2D eigenvalue weighted by Crippen LogP contribution is -2.33. The van der Waals surface area contributed by atoms with Gasteiger partial charge in [0.2, 0.25) is 11.8 Å². The van der Waals surface area contributed by atoms with Crippen LogP contribution in [0.2, 0.25) is 0 Å². The first-order valence-corrected chi connectivity index (χ1v) is 9.00. The van der Waals surface area contributed by atoms with E-state index >= 15 is 0 Å². The van der Waals surface area contributed by atoms with Gasteiger partial charge in [-0.05, 0) is 43.9 Å². The third kappa shape index (κ3) is 3.86. The molecule has 0 N–H and O–H groups in total. The molecule has 2 aromatic rings. The number of amides is 1. The molecule has 128 valence electrons. The summed E-state index contributed by atoms with van der Waals surface area (Å²) in [7, 11) is 0. The van der Waals surface area contributed by atoms with Crippen molar-refractivity contribution in [3.8, 4) is 11.5 Å². The molecule has 0 unspecified atom stereocenters. The first-order chi connectivity index (χ1) is 11.7. The van der Waals surface area contributed by atoms with E-state index in [4.69, 9.17) is 4.42 Å². The Kier molecular flexibility index (Phi) is 5.34. The second-order valence-electron chi connectivity index (χ2n) is 6.54. The van der Waals surface area contributed by atoms with Gasteiger partial charge in [0.25, 0.3) is 0 Å². The maximum atomic E-state index is 12.5. The number of likely N-dealkylation sites (tertiary alicyclic amines) is 1. The Morgan fingerprint density at radius 3 is 2.42 bits per heavy atom. The first-order valence-electron chi connectivity index (χ1n) is 9.00. The van der Waals surface area contributed by atoms with Crippen molar-refractivity contribution in [2.75, 3.05) is 13.1 Å². The maximum absolute atomic E-state index is 12.5. The Hall–Kier alpha value is -2.10. The summed E-state index contributed by atoms with van der Waals surface area (Å²) in [6.45, 7) is 5.78. The second kappa shape index (κ2) is 7.65. The molecular weight excluding hydrogens is 300 g/mol. The van der Waals surface area contributed by atoms with E-state index in [0.29, 0.717) is 12.3 Å². The number of carbonyl (C=O) groups excluding carboxylic acids is 1. The highest BCUT2D eigenvalue weighted by atomic mass is 16.4. The Labute approximate surface area is 143 Å². The summed E-state index contributed by atoms with van der Waals surface area (Å²) >= 11 is 0. The Morgan fingerprint density at radius 1 is 1.12 bits per heavy atom. The van der Waals surface area contributed by atoms with Crippen LogP contribution in [0, 0.1) is 6.92 Å². The van der Waals surface area contributed by atoms with E-state index in [1.165, 1.54) is 18.4 Å². The van der Waals surface area contributed by atoms with Crippen LogP contribution in [0.1, 0.15) is 49.6 Å². The third-order valence-electron chi connectivity index (χ3n) is 4.78. The normalized spacial score (nSPS) is 15.3. The van der Waals surface area contributed by atoms with E-state index in [1.807, 2.05) is 24.0 Å². The molecular formula is C20H26N2O2. The highest BCUT2D eigenvalue weighted by Gasteiger charge is 2.20. The van der Waals surface area contributed by atoms with Crippen molar-refractivity contribution in [2.45, 2.75) is 52.4 Å². The summed E-state index contributed by atoms with van der Waals surface area (Å²) in [6, 6.07) is 8.25. The number of hydrogen-bond acceptors (Lipinski definition) is 3. The summed E-state index contributed by atoms with van der Waals surface area (Å²) < 4.78 is 5.81. The van der Waals surface area contributed by atoms with E-state index in [1.54, 1.807) is 0 Å². The van der Waals surface area contributed by atoms with Crippen LogP contribution in [-0.2, 0) is 17.6 Å². The summed E-state index contributed by atoms with van der Waals surface area (Å²) in [5.41, 5.74) is 3.01. The molecule has 2 heterocycles. The average molecular weight is 326 g/mol. The lowest BCUT2D eigenvalue weighted by Gasteiger charge is -2.19. The summed E-state index contributed by atoms with van der Waals surface area (Å²) in [4.78, 5) is 19.1. The molecule has 0 bridgehead atoms. The fourth-order valence-corrected chi connectivity index (χ4v) is 3.17. The predicted octanol–water partition coefficient (Wildman–Crippen LogP) is 4.16. The number of hydrogen-bond donors (Lipinski definition) is 0. The Balaban J connectivity index is 1.72. The minimum atomic E-state index is 0.168. The molecule has 4 nitrogen and oxygen atoms in total. The maximum Gasteiger partial charge on any atom is 0.228 e. The van der Waals surface area contributed by atoms with Crippen LogP contribution in [0.4, 0.5) is 0 Å². The highest BCUT2D eigenvalue weighted by molar-refractivity contribution is 5.78. The standard InChI is InChI=1S/C20H26N2O2/c1-3-16-8-10-17(11-9-16)20-21-18(15(2)24-20)14-19(23)22-12-6-4-5-7-13-22/h8-11H,3-7,12-14H2,1-2H3. The van der Waals surface area contributed by atoms with Gasteiger partial charge in [-0.25, -0.2) is 4.98 Å². The van der Waals surface area contributed by atoms with Crippen molar-refractivity contribution in [1.82, 2.24) is 9.88 Å². The van der Waals surface area contributed by atoms with Gasteiger partial charge < -0.3 is 9.32 Å². The number of aromatic nitrogens is 1. The van der Waals surface area contributed by atoms with Gasteiger partial charge in [-0.1, -0.05) is 31.9 Å². The molecule has 24 heavy (non-hydrogen) atoms. The largest absolute Gasteiger partial charge is 0.441 e. The number of nitrogens with zero attached hydrogens (tertiary/aromatic N) is 2. The molecule has 4 heteroatoms. The van der Waals surface area contributed by atoms with Gasteiger partial charge in [0, 0.05) is 18.7 Å². The van der Waals surface area contributed by atoms with Crippen LogP contribution in [0.15, 0.2) is 28.7 Å². The monoisotopic (exact) mass is 326 g/mol. The lowest BCUT2D eigenvalue weighted by molar-refractivity contribution is -0.130. The number of rotatable bonds is 4. The summed E-state index contributed by atoms with van der Waals surface area (Å²) in [5.74, 6) is 1.52. The predicted molar refractivity (Wildman–Crippen MR) is 94.8 cm³/mol. The molecule has 0 spiro atoms. The Morgan fingerprint density at radius 2 is 1.79 bits per heavy atom. The first kappa shape index (κ1) is 16.7. The highest BCUT2D eigenvalue weighted by Crippen LogP contribution is 2.23. The van der Waals surface area contributed by atoms with Crippen LogP contribution in [0.25, 0.3) is 11.5 Å². The van der Waals surface area contributed by atoms with Crippen LogP contribution in [0.5, 0.6) is 0 Å². The molecule has 0 atom stereocenters. The van der Waals surface area contributed by atoms with Crippen molar-refractivity contribution in [1.29, 1.82) is 0 Å². The van der Waals surface area contributed by atoms with E-state index < -0.39 is 0 Å². The van der Waals surface area contributed by atoms with Crippen molar-refractivity contribution >= 4 is 5.91 Å². The molecule has 0 saturated carbocycles. The molecule has 1 amide bonds. The van der Waals surface area contributed by atoms with Gasteiger partial charge in [-0.15, -0.1) is 0 Å². The molecule has 1 fully saturated rings. The quantitative estimate of drug-likeness (QED) is 0.847. The van der Waals surface area contributed by atoms with Gasteiger partial charge in [-0.2, -0.15) is 0 Å². The minimum absolute atomic E-state index is 0.168. The topological polar surface area (TPSA) is 46.3 Å². The molecule has 0 aliphatic carbocycles. The third-order valence-corrected chi connectivity index (χ3v) is 4.78. The molecule has 1 saturated heterocycles. The van der Waals surface area contributed by atoms with E-state index in [9.17, 15) is 4.79 Å². The number of aryl methyl sites for hydroxylation is 2. The van der Waals surface area contributed by atoms with Crippen molar-refractivity contribution in [2.24, 2.45) is 0 Å². The van der Waals surface area contributed by atoms with Crippen LogP contribution in [0.3, 0.4) is 0 Å². The smallest absolute Gasteiger partial charge is 0.228 e. The minimum Gasteiger partial charge on any atom is -0.441 e. The fraction of sp³-hybridized carbons (Fsp3) is 0.500. The van der Waals surface area contributed by atoms with Gasteiger partial charge in [-0.3, -0.25) is 4.79 Å². The second-order valence-corrected chi connectivity index (χ2v) is 6.54. The van der Waals surface area contributed by atoms with Gasteiger partial charge in [0.15, 0.2) is 0 Å². The molecule has 1 aromatic heterocycles. The van der Waals surface area contributed by atoms with Crippen molar-refractivity contribution in [3.05, 3.63) is 41.3 Å². The molecule has 1 aromatic carbocycles. The van der Waals surface area contributed by atoms with Crippen molar-refractivity contribution < 1.29 is 9.21 Å². The van der Waals surface area contributed by atoms with E-state index in [2.05, 4.69) is 24.0 Å². The Bertz CT molecular complexity index is 680.